The van der Waals surface area contributed by atoms with Gasteiger partial charge in [-0.2, -0.15) is 0 Å². The van der Waals surface area contributed by atoms with E-state index in [0.717, 1.165) is 12.1 Å². The molecule has 0 unspecified atom stereocenters. The summed E-state index contributed by atoms with van der Waals surface area (Å²) in [6.07, 6.45) is 0. The molecule has 0 atom stereocenters. The summed E-state index contributed by atoms with van der Waals surface area (Å²) in [5, 5.41) is 9.55. The van der Waals surface area contributed by atoms with Gasteiger partial charge in [-0.25, -0.2) is 8.78 Å². The van der Waals surface area contributed by atoms with Crippen LogP contribution in [-0.4, -0.2) is 16.1 Å². The molecule has 4 nitrogen and oxygen atoms in total. The van der Waals surface area contributed by atoms with Crippen molar-refractivity contribution >= 4 is 23.2 Å². The minimum Gasteiger partial charge on any atom is -0.320 e. The van der Waals surface area contributed by atoms with Crippen LogP contribution in [0.3, 0.4) is 0 Å². The van der Waals surface area contributed by atoms with Crippen LogP contribution in [0.2, 0.25) is 5.15 Å². The van der Waals surface area contributed by atoms with Crippen molar-refractivity contribution in [3.63, 3.8) is 0 Å². The number of anilines is 1. The Labute approximate surface area is 106 Å². The zero-order valence-electron chi connectivity index (χ0n) is 8.82. The monoisotopic (exact) mass is 269 g/mol. The van der Waals surface area contributed by atoms with E-state index >= 15 is 0 Å². The van der Waals surface area contributed by atoms with Gasteiger partial charge in [0.05, 0.1) is 0 Å². The van der Waals surface area contributed by atoms with Gasteiger partial charge in [0.1, 0.15) is 0 Å². The van der Waals surface area contributed by atoms with E-state index in [4.69, 9.17) is 11.6 Å². The summed E-state index contributed by atoms with van der Waals surface area (Å²) in [6, 6.07) is 5.79. The van der Waals surface area contributed by atoms with Crippen LogP contribution in [0.15, 0.2) is 30.3 Å². The quantitative estimate of drug-likeness (QED) is 0.912. The van der Waals surface area contributed by atoms with Crippen LogP contribution in [0.4, 0.5) is 14.5 Å². The van der Waals surface area contributed by atoms with Gasteiger partial charge in [-0.1, -0.05) is 11.6 Å². The lowest BCUT2D eigenvalue weighted by Crippen LogP contribution is -2.14. The van der Waals surface area contributed by atoms with Crippen molar-refractivity contribution < 1.29 is 13.6 Å². The highest BCUT2D eigenvalue weighted by molar-refractivity contribution is 6.29. The number of nitrogens with one attached hydrogen (secondary N) is 1. The van der Waals surface area contributed by atoms with E-state index in [2.05, 4.69) is 15.5 Å². The highest BCUT2D eigenvalue weighted by atomic mass is 35.5. The van der Waals surface area contributed by atoms with Crippen molar-refractivity contribution in [3.05, 3.63) is 52.8 Å². The Bertz CT molecular complexity index is 589. The predicted molar refractivity (Wildman–Crippen MR) is 61.4 cm³/mol. The maximum atomic E-state index is 12.9. The minimum atomic E-state index is -1.05. The Morgan fingerprint density at radius 1 is 1.11 bits per heavy atom. The van der Waals surface area contributed by atoms with Gasteiger partial charge in [0.2, 0.25) is 0 Å². The van der Waals surface area contributed by atoms with Gasteiger partial charge in [-0.05, 0) is 24.3 Å². The predicted octanol–water partition coefficient (Wildman–Crippen LogP) is 2.66. The molecule has 0 saturated carbocycles. The molecule has 0 bridgehead atoms. The van der Waals surface area contributed by atoms with Crippen LogP contribution < -0.4 is 5.32 Å². The zero-order valence-corrected chi connectivity index (χ0v) is 9.58. The number of amides is 1. The zero-order chi connectivity index (χ0) is 13.1. The number of carbonyl (C=O) groups excluding carboxylic acids is 1. The number of hydrogen-bond donors (Lipinski definition) is 1. The minimum absolute atomic E-state index is 0.0177. The highest BCUT2D eigenvalue weighted by Crippen LogP contribution is 2.14. The van der Waals surface area contributed by atoms with E-state index in [9.17, 15) is 13.6 Å². The molecule has 18 heavy (non-hydrogen) atoms. The van der Waals surface area contributed by atoms with Gasteiger partial charge in [-0.3, -0.25) is 4.79 Å². The van der Waals surface area contributed by atoms with E-state index in [1.54, 1.807) is 0 Å². The highest BCUT2D eigenvalue weighted by Gasteiger charge is 2.10. The number of aromatic nitrogens is 2. The molecular weight excluding hydrogens is 264 g/mol. The number of hydrogen-bond acceptors (Lipinski definition) is 3. The molecule has 92 valence electrons. The van der Waals surface area contributed by atoms with Crippen molar-refractivity contribution in [3.8, 4) is 0 Å². The van der Waals surface area contributed by atoms with Crippen molar-refractivity contribution in [1.29, 1.82) is 0 Å². The van der Waals surface area contributed by atoms with Crippen molar-refractivity contribution in [2.24, 2.45) is 0 Å². The van der Waals surface area contributed by atoms with Gasteiger partial charge in [-0.15, -0.1) is 10.2 Å². The molecule has 0 aliphatic carbocycles. The van der Waals surface area contributed by atoms with Crippen molar-refractivity contribution in [1.82, 2.24) is 10.2 Å². The first kappa shape index (κ1) is 12.4. The largest absolute Gasteiger partial charge is 0.320 e. The van der Waals surface area contributed by atoms with E-state index < -0.39 is 17.5 Å². The third-order valence-corrected chi connectivity index (χ3v) is 2.24. The number of halogens is 3. The van der Waals surface area contributed by atoms with E-state index in [1.165, 1.54) is 18.2 Å². The third-order valence-electron chi connectivity index (χ3n) is 2.04. The van der Waals surface area contributed by atoms with Crippen LogP contribution in [0.25, 0.3) is 0 Å². The summed E-state index contributed by atoms with van der Waals surface area (Å²) in [6.45, 7) is 0. The number of nitrogens with zero attached hydrogens (tertiary/aromatic N) is 2. The Kier molecular flexibility index (Phi) is 3.47. The average molecular weight is 270 g/mol. The van der Waals surface area contributed by atoms with Gasteiger partial charge in [0.25, 0.3) is 5.91 Å². The fourth-order valence-electron chi connectivity index (χ4n) is 1.21. The number of benzene rings is 1. The average Bonchev–Trinajstić information content (AvgIpc) is 2.34. The second kappa shape index (κ2) is 5.05. The van der Waals surface area contributed by atoms with Gasteiger partial charge in [0, 0.05) is 11.8 Å². The molecule has 0 saturated heterocycles. The molecule has 0 aliphatic heterocycles. The molecule has 1 N–H and O–H groups in total. The van der Waals surface area contributed by atoms with Crippen LogP contribution in [0.1, 0.15) is 10.5 Å². The van der Waals surface area contributed by atoms with E-state index in [0.29, 0.717) is 0 Å². The molecule has 7 heteroatoms. The fraction of sp³-hybridized carbons (Fsp3) is 0. The standard InChI is InChI=1S/C11H6ClF2N3O/c12-10-4-3-9(16-17-10)11(18)15-6-1-2-7(13)8(14)5-6/h1-5H,(H,15,18). The topological polar surface area (TPSA) is 54.9 Å². The summed E-state index contributed by atoms with van der Waals surface area (Å²) in [5.41, 5.74) is 0.139. The van der Waals surface area contributed by atoms with Crippen LogP contribution in [-0.2, 0) is 0 Å². The van der Waals surface area contributed by atoms with E-state index in [-0.39, 0.29) is 16.5 Å². The van der Waals surface area contributed by atoms with Gasteiger partial charge < -0.3 is 5.32 Å². The molecular formula is C11H6ClF2N3O. The molecule has 0 fully saturated rings. The number of rotatable bonds is 2. The molecule has 2 aromatic rings. The van der Waals surface area contributed by atoms with Gasteiger partial charge in [0.15, 0.2) is 22.5 Å². The Hall–Kier alpha value is -2.08. The van der Waals surface area contributed by atoms with Crippen LogP contribution in [0.5, 0.6) is 0 Å². The Morgan fingerprint density at radius 2 is 1.89 bits per heavy atom. The maximum Gasteiger partial charge on any atom is 0.276 e. The van der Waals surface area contributed by atoms with E-state index in [1.807, 2.05) is 0 Å². The Balaban J connectivity index is 2.16. The normalized spacial score (nSPS) is 10.2. The second-order valence-electron chi connectivity index (χ2n) is 3.32. The van der Waals surface area contributed by atoms with Crippen LogP contribution in [0, 0.1) is 11.6 Å². The van der Waals surface area contributed by atoms with Gasteiger partial charge >= 0.3 is 0 Å². The third kappa shape index (κ3) is 2.78. The first-order chi connectivity index (χ1) is 8.56. The first-order valence-electron chi connectivity index (χ1n) is 4.82. The molecule has 1 amide bonds. The summed E-state index contributed by atoms with van der Waals surface area (Å²) in [4.78, 5) is 11.6. The van der Waals surface area contributed by atoms with Crippen molar-refractivity contribution in [2.75, 3.05) is 5.32 Å². The molecule has 2 rings (SSSR count). The lowest BCUT2D eigenvalue weighted by molar-refractivity contribution is 0.102. The molecule has 1 heterocycles. The Morgan fingerprint density at radius 3 is 2.50 bits per heavy atom. The molecule has 1 aromatic carbocycles. The maximum absolute atomic E-state index is 12.9. The molecule has 0 spiro atoms. The summed E-state index contributed by atoms with van der Waals surface area (Å²) in [7, 11) is 0. The smallest absolute Gasteiger partial charge is 0.276 e. The lowest BCUT2D eigenvalue weighted by atomic mass is 10.3. The lowest BCUT2D eigenvalue weighted by Gasteiger charge is -2.04. The first-order valence-corrected chi connectivity index (χ1v) is 5.19. The molecule has 0 aliphatic rings. The second-order valence-corrected chi connectivity index (χ2v) is 3.71. The SMILES string of the molecule is O=C(Nc1ccc(F)c(F)c1)c1ccc(Cl)nn1. The number of carbonyl (C=O) groups is 1. The fourth-order valence-corrected chi connectivity index (χ4v) is 1.31. The summed E-state index contributed by atoms with van der Waals surface area (Å²) < 4.78 is 25.6. The van der Waals surface area contributed by atoms with Crippen LogP contribution >= 0.6 is 11.6 Å². The summed E-state index contributed by atoms with van der Waals surface area (Å²) >= 11 is 5.52. The summed E-state index contributed by atoms with van der Waals surface area (Å²) in [5.74, 6) is -2.63. The van der Waals surface area contributed by atoms with Crippen molar-refractivity contribution in [2.45, 2.75) is 0 Å². The molecule has 1 aromatic heterocycles. The molecule has 0 radical (unpaired) electrons.